The highest BCUT2D eigenvalue weighted by Crippen LogP contribution is 2.30. The van der Waals surface area contributed by atoms with Crippen LogP contribution in [-0.4, -0.2) is 43.5 Å². The molecule has 0 spiro atoms. The van der Waals surface area contributed by atoms with Crippen molar-refractivity contribution in [3.05, 3.63) is 24.3 Å². The van der Waals surface area contributed by atoms with Crippen molar-refractivity contribution in [1.29, 1.82) is 0 Å². The Balaban J connectivity index is 2.28. The summed E-state index contributed by atoms with van der Waals surface area (Å²) in [7, 11) is -2.16. The summed E-state index contributed by atoms with van der Waals surface area (Å²) in [6, 6.07) is 5.54. The number of benzene rings is 1. The number of hydrogen-bond donors (Lipinski definition) is 1. The molecule has 110 valence electrons. The minimum absolute atomic E-state index is 0.149. The summed E-state index contributed by atoms with van der Waals surface area (Å²) in [6.45, 7) is 1.86. The van der Waals surface area contributed by atoms with Gasteiger partial charge in [-0.2, -0.15) is 4.31 Å². The van der Waals surface area contributed by atoms with Gasteiger partial charge in [0.05, 0.1) is 17.9 Å². The lowest BCUT2D eigenvalue weighted by molar-refractivity contribution is -0.142. The Morgan fingerprint density at radius 2 is 1.95 bits per heavy atom. The first-order valence-electron chi connectivity index (χ1n) is 6.26. The molecule has 1 saturated heterocycles. The molecular weight excluding hydrogens is 282 g/mol. The molecule has 2 atom stereocenters. The average molecular weight is 299 g/mol. The van der Waals surface area contributed by atoms with Crippen LogP contribution in [0.3, 0.4) is 0 Å². The minimum Gasteiger partial charge on any atom is -0.497 e. The topological polar surface area (TPSA) is 83.9 Å². The lowest BCUT2D eigenvalue weighted by atomic mass is 10.0. The zero-order valence-electron chi connectivity index (χ0n) is 11.3. The van der Waals surface area contributed by atoms with Gasteiger partial charge in [0, 0.05) is 12.6 Å². The van der Waals surface area contributed by atoms with Crippen molar-refractivity contribution < 1.29 is 23.1 Å². The van der Waals surface area contributed by atoms with Crippen molar-refractivity contribution in [3.63, 3.8) is 0 Å². The van der Waals surface area contributed by atoms with Crippen LogP contribution >= 0.6 is 0 Å². The van der Waals surface area contributed by atoms with Crippen LogP contribution in [0.5, 0.6) is 5.75 Å². The molecule has 2 rings (SSSR count). The van der Waals surface area contributed by atoms with Gasteiger partial charge in [-0.1, -0.05) is 0 Å². The van der Waals surface area contributed by atoms with Crippen LogP contribution in [0.2, 0.25) is 0 Å². The molecule has 0 saturated carbocycles. The van der Waals surface area contributed by atoms with E-state index in [2.05, 4.69) is 0 Å². The van der Waals surface area contributed by atoms with Crippen molar-refractivity contribution in [2.24, 2.45) is 5.92 Å². The highest BCUT2D eigenvalue weighted by molar-refractivity contribution is 7.89. The van der Waals surface area contributed by atoms with Crippen LogP contribution in [0, 0.1) is 5.92 Å². The van der Waals surface area contributed by atoms with Gasteiger partial charge in [-0.3, -0.25) is 4.79 Å². The molecule has 1 aliphatic heterocycles. The van der Waals surface area contributed by atoms with Crippen molar-refractivity contribution in [1.82, 2.24) is 4.31 Å². The third kappa shape index (κ3) is 2.51. The van der Waals surface area contributed by atoms with E-state index < -0.39 is 28.0 Å². The smallest absolute Gasteiger partial charge is 0.308 e. The normalized spacial score (nSPS) is 23.7. The minimum atomic E-state index is -3.66. The first kappa shape index (κ1) is 14.8. The van der Waals surface area contributed by atoms with Crippen LogP contribution in [0.15, 0.2) is 29.2 Å². The second kappa shape index (κ2) is 5.41. The molecule has 0 amide bonds. The molecule has 1 aliphatic rings. The molecule has 1 fully saturated rings. The molecule has 0 aromatic heterocycles. The number of ether oxygens (including phenoxy) is 1. The van der Waals surface area contributed by atoms with Crippen LogP contribution in [0.1, 0.15) is 13.3 Å². The molecule has 6 nitrogen and oxygen atoms in total. The van der Waals surface area contributed by atoms with E-state index in [-0.39, 0.29) is 11.4 Å². The van der Waals surface area contributed by atoms with E-state index in [4.69, 9.17) is 9.84 Å². The molecule has 0 aliphatic carbocycles. The van der Waals surface area contributed by atoms with Gasteiger partial charge in [-0.25, -0.2) is 8.42 Å². The SMILES string of the molecule is COc1ccc(S(=O)(=O)N2CCC(C(=O)O)C2C)cc1. The molecule has 20 heavy (non-hydrogen) atoms. The van der Waals surface area contributed by atoms with Gasteiger partial charge in [0.15, 0.2) is 0 Å². The van der Waals surface area contributed by atoms with Crippen LogP contribution < -0.4 is 4.74 Å². The van der Waals surface area contributed by atoms with Gasteiger partial charge >= 0.3 is 5.97 Å². The molecule has 0 bridgehead atoms. The number of carbonyl (C=O) groups is 1. The Hall–Kier alpha value is -1.60. The Kier molecular flexibility index (Phi) is 4.01. The summed E-state index contributed by atoms with van der Waals surface area (Å²) in [5, 5.41) is 9.07. The van der Waals surface area contributed by atoms with Gasteiger partial charge in [-0.05, 0) is 37.6 Å². The number of sulfonamides is 1. The van der Waals surface area contributed by atoms with Crippen molar-refractivity contribution >= 4 is 16.0 Å². The monoisotopic (exact) mass is 299 g/mol. The second-order valence-electron chi connectivity index (χ2n) is 4.77. The Morgan fingerprint density at radius 1 is 1.35 bits per heavy atom. The van der Waals surface area contributed by atoms with E-state index in [1.165, 1.54) is 23.5 Å². The van der Waals surface area contributed by atoms with E-state index in [9.17, 15) is 13.2 Å². The van der Waals surface area contributed by atoms with E-state index in [0.717, 1.165) is 0 Å². The number of rotatable bonds is 4. The van der Waals surface area contributed by atoms with E-state index >= 15 is 0 Å². The highest BCUT2D eigenvalue weighted by Gasteiger charge is 2.42. The number of nitrogens with zero attached hydrogens (tertiary/aromatic N) is 1. The first-order chi connectivity index (χ1) is 9.37. The largest absolute Gasteiger partial charge is 0.497 e. The predicted molar refractivity (Wildman–Crippen MR) is 72.1 cm³/mol. The molecule has 1 N–H and O–H groups in total. The van der Waals surface area contributed by atoms with E-state index in [0.29, 0.717) is 12.2 Å². The van der Waals surface area contributed by atoms with Gasteiger partial charge in [0.2, 0.25) is 10.0 Å². The van der Waals surface area contributed by atoms with E-state index in [1.54, 1.807) is 19.1 Å². The van der Waals surface area contributed by atoms with Crippen LogP contribution in [0.4, 0.5) is 0 Å². The molecule has 2 unspecified atom stereocenters. The maximum Gasteiger partial charge on any atom is 0.308 e. The summed E-state index contributed by atoms with van der Waals surface area (Å²) < 4.78 is 31.3. The molecular formula is C13H17NO5S. The molecule has 7 heteroatoms. The van der Waals surface area contributed by atoms with Gasteiger partial charge in [0.1, 0.15) is 5.75 Å². The average Bonchev–Trinajstić information content (AvgIpc) is 2.81. The van der Waals surface area contributed by atoms with Gasteiger partial charge in [-0.15, -0.1) is 0 Å². The van der Waals surface area contributed by atoms with Crippen molar-refractivity contribution in [3.8, 4) is 5.75 Å². The lowest BCUT2D eigenvalue weighted by Crippen LogP contribution is -2.37. The van der Waals surface area contributed by atoms with Crippen LogP contribution in [0.25, 0.3) is 0 Å². The Bertz CT molecular complexity index is 596. The van der Waals surface area contributed by atoms with Crippen molar-refractivity contribution in [2.45, 2.75) is 24.3 Å². The lowest BCUT2D eigenvalue weighted by Gasteiger charge is -2.22. The third-order valence-electron chi connectivity index (χ3n) is 3.68. The summed E-state index contributed by atoms with van der Waals surface area (Å²) in [6.07, 6.45) is 0.339. The molecule has 0 radical (unpaired) electrons. The molecule has 1 aromatic rings. The fourth-order valence-electron chi connectivity index (χ4n) is 2.46. The number of carboxylic acids is 1. The highest BCUT2D eigenvalue weighted by atomic mass is 32.2. The van der Waals surface area contributed by atoms with Gasteiger partial charge < -0.3 is 9.84 Å². The zero-order valence-corrected chi connectivity index (χ0v) is 12.1. The first-order valence-corrected chi connectivity index (χ1v) is 7.70. The number of carboxylic acid groups (broad SMARTS) is 1. The second-order valence-corrected chi connectivity index (χ2v) is 6.66. The Labute approximate surface area is 118 Å². The van der Waals surface area contributed by atoms with Gasteiger partial charge in [0.25, 0.3) is 0 Å². The van der Waals surface area contributed by atoms with Crippen molar-refractivity contribution in [2.75, 3.05) is 13.7 Å². The molecule has 1 aromatic carbocycles. The maximum absolute atomic E-state index is 12.5. The zero-order chi connectivity index (χ0) is 14.9. The predicted octanol–water partition coefficient (Wildman–Crippen LogP) is 1.18. The maximum atomic E-state index is 12.5. The van der Waals surface area contributed by atoms with E-state index in [1.807, 2.05) is 0 Å². The quantitative estimate of drug-likeness (QED) is 0.902. The third-order valence-corrected chi connectivity index (χ3v) is 5.68. The summed E-state index contributed by atoms with van der Waals surface area (Å²) >= 11 is 0. The summed E-state index contributed by atoms with van der Waals surface area (Å²) in [4.78, 5) is 11.2. The van der Waals surface area contributed by atoms with Crippen LogP contribution in [-0.2, 0) is 14.8 Å². The fraction of sp³-hybridized carbons (Fsp3) is 0.462. The summed E-state index contributed by atoms with van der Waals surface area (Å²) in [5.41, 5.74) is 0. The fourth-order valence-corrected chi connectivity index (χ4v) is 4.15. The Morgan fingerprint density at radius 3 is 2.40 bits per heavy atom. The number of methoxy groups -OCH3 is 1. The number of aliphatic carboxylic acids is 1. The number of hydrogen-bond acceptors (Lipinski definition) is 4. The summed E-state index contributed by atoms with van der Waals surface area (Å²) in [5.74, 6) is -1.03. The standard InChI is InChI=1S/C13H17NO5S/c1-9-12(13(15)16)7-8-14(9)20(17,18)11-5-3-10(19-2)4-6-11/h3-6,9,12H,7-8H2,1-2H3,(H,15,16). The molecule has 1 heterocycles.